The van der Waals surface area contributed by atoms with E-state index < -0.39 is 6.04 Å². The molecule has 2 aromatic rings. The first kappa shape index (κ1) is 16.8. The van der Waals surface area contributed by atoms with Gasteiger partial charge in [-0.25, -0.2) is 0 Å². The first-order valence-electron chi connectivity index (χ1n) is 8.05. The maximum absolute atomic E-state index is 13.1. The maximum Gasteiger partial charge on any atom is 0.255 e. The van der Waals surface area contributed by atoms with Gasteiger partial charge in [-0.05, 0) is 37.6 Å². The van der Waals surface area contributed by atoms with Gasteiger partial charge in [0.05, 0.1) is 5.88 Å². The molecular formula is C19H22N2O2S. The highest BCUT2D eigenvalue weighted by Crippen LogP contribution is 2.27. The maximum atomic E-state index is 13.1. The van der Waals surface area contributed by atoms with Gasteiger partial charge in [0, 0.05) is 16.9 Å². The zero-order valence-electron chi connectivity index (χ0n) is 14.2. The highest BCUT2D eigenvalue weighted by molar-refractivity contribution is 7.99. The Kier molecular flexibility index (Phi) is 4.54. The number of fused-ring (bicyclic) bond motifs is 1. The molecule has 0 aliphatic carbocycles. The normalized spacial score (nSPS) is 18.0. The second kappa shape index (κ2) is 6.48. The summed E-state index contributed by atoms with van der Waals surface area (Å²) in [6.45, 7) is 5.84. The van der Waals surface area contributed by atoms with Crippen LogP contribution in [0.3, 0.4) is 0 Å². The van der Waals surface area contributed by atoms with E-state index in [0.717, 1.165) is 10.8 Å². The smallest absolute Gasteiger partial charge is 0.255 e. The fraction of sp³-hybridized carbons (Fsp3) is 0.368. The molecule has 2 aromatic carbocycles. The highest BCUT2D eigenvalue weighted by Gasteiger charge is 2.36. The van der Waals surface area contributed by atoms with E-state index in [4.69, 9.17) is 0 Å². The predicted molar refractivity (Wildman–Crippen MR) is 99.1 cm³/mol. The van der Waals surface area contributed by atoms with Crippen LogP contribution in [0.25, 0.3) is 10.8 Å². The standard InChI is InChI=1S/C19H22N2O2S/c1-19(2,3)20-17(22)16-11-24-12-21(16)18(23)15-10-6-8-13-7-4-5-9-14(13)15/h4-10,16H,11-12H2,1-3H3,(H,20,22)/t16-/m0/s1. The van der Waals surface area contributed by atoms with Crippen molar-refractivity contribution in [3.05, 3.63) is 48.0 Å². The van der Waals surface area contributed by atoms with Crippen molar-refractivity contribution in [2.45, 2.75) is 32.4 Å². The Labute approximate surface area is 146 Å². The molecule has 0 bridgehead atoms. The average Bonchev–Trinajstić information content (AvgIpc) is 3.02. The van der Waals surface area contributed by atoms with Crippen LogP contribution in [0, 0.1) is 0 Å². The molecule has 4 nitrogen and oxygen atoms in total. The quantitative estimate of drug-likeness (QED) is 0.911. The monoisotopic (exact) mass is 342 g/mol. The molecule has 1 aliphatic heterocycles. The minimum Gasteiger partial charge on any atom is -0.350 e. The van der Waals surface area contributed by atoms with Crippen LogP contribution < -0.4 is 5.32 Å². The number of thioether (sulfide) groups is 1. The molecule has 3 rings (SSSR count). The molecule has 24 heavy (non-hydrogen) atoms. The molecule has 1 atom stereocenters. The van der Waals surface area contributed by atoms with Gasteiger partial charge in [-0.2, -0.15) is 0 Å². The summed E-state index contributed by atoms with van der Waals surface area (Å²) in [7, 11) is 0. The molecule has 1 saturated heterocycles. The summed E-state index contributed by atoms with van der Waals surface area (Å²) in [6, 6.07) is 13.2. The number of hydrogen-bond acceptors (Lipinski definition) is 3. The Balaban J connectivity index is 1.89. The minimum absolute atomic E-state index is 0.0779. The third kappa shape index (κ3) is 3.41. The molecule has 0 unspecified atom stereocenters. The number of carbonyl (C=O) groups excluding carboxylic acids is 2. The Hall–Kier alpha value is -2.01. The average molecular weight is 342 g/mol. The molecule has 126 valence electrons. The summed E-state index contributed by atoms with van der Waals surface area (Å²) in [6.07, 6.45) is 0. The lowest BCUT2D eigenvalue weighted by Gasteiger charge is -2.28. The van der Waals surface area contributed by atoms with Gasteiger partial charge in [0.1, 0.15) is 6.04 Å². The van der Waals surface area contributed by atoms with Crippen molar-refractivity contribution < 1.29 is 9.59 Å². The van der Waals surface area contributed by atoms with Crippen molar-refractivity contribution in [3.63, 3.8) is 0 Å². The lowest BCUT2D eigenvalue weighted by molar-refractivity contribution is -0.125. The van der Waals surface area contributed by atoms with E-state index in [9.17, 15) is 9.59 Å². The summed E-state index contributed by atoms with van der Waals surface area (Å²) in [5.74, 6) is 1.02. The molecule has 0 aromatic heterocycles. The second-order valence-electron chi connectivity index (χ2n) is 7.06. The van der Waals surface area contributed by atoms with Gasteiger partial charge in [0.25, 0.3) is 5.91 Å². The summed E-state index contributed by atoms with van der Waals surface area (Å²) < 4.78 is 0. The van der Waals surface area contributed by atoms with E-state index in [0.29, 0.717) is 17.2 Å². The van der Waals surface area contributed by atoms with Crippen LogP contribution in [0.1, 0.15) is 31.1 Å². The second-order valence-corrected chi connectivity index (χ2v) is 8.06. The largest absolute Gasteiger partial charge is 0.350 e. The molecule has 2 amide bonds. The number of rotatable bonds is 2. The molecule has 0 spiro atoms. The third-order valence-electron chi connectivity index (χ3n) is 3.96. The fourth-order valence-corrected chi connectivity index (χ4v) is 4.03. The van der Waals surface area contributed by atoms with Crippen LogP contribution in [0.5, 0.6) is 0 Å². The van der Waals surface area contributed by atoms with Crippen molar-refractivity contribution in [2.75, 3.05) is 11.6 Å². The number of nitrogens with zero attached hydrogens (tertiary/aromatic N) is 1. The van der Waals surface area contributed by atoms with Gasteiger partial charge in [-0.1, -0.05) is 36.4 Å². The molecule has 1 N–H and O–H groups in total. The van der Waals surface area contributed by atoms with E-state index in [1.807, 2.05) is 63.2 Å². The number of hydrogen-bond donors (Lipinski definition) is 1. The Morgan fingerprint density at radius 3 is 2.58 bits per heavy atom. The molecule has 0 radical (unpaired) electrons. The van der Waals surface area contributed by atoms with Crippen LogP contribution in [0.15, 0.2) is 42.5 Å². The van der Waals surface area contributed by atoms with Crippen LogP contribution in [-0.2, 0) is 4.79 Å². The zero-order chi connectivity index (χ0) is 17.3. The van der Waals surface area contributed by atoms with Crippen molar-refractivity contribution >= 4 is 34.3 Å². The van der Waals surface area contributed by atoms with E-state index >= 15 is 0 Å². The summed E-state index contributed by atoms with van der Waals surface area (Å²) in [5, 5.41) is 4.95. The van der Waals surface area contributed by atoms with Crippen LogP contribution in [0.2, 0.25) is 0 Å². The molecule has 5 heteroatoms. The van der Waals surface area contributed by atoms with E-state index in [2.05, 4.69) is 5.32 Å². The zero-order valence-corrected chi connectivity index (χ0v) is 15.0. The number of amides is 2. The van der Waals surface area contributed by atoms with E-state index in [1.165, 1.54) is 0 Å². The fourth-order valence-electron chi connectivity index (χ4n) is 2.88. The van der Waals surface area contributed by atoms with Gasteiger partial charge in [0.15, 0.2) is 0 Å². The Morgan fingerprint density at radius 2 is 1.83 bits per heavy atom. The highest BCUT2D eigenvalue weighted by atomic mass is 32.2. The Morgan fingerprint density at radius 1 is 1.12 bits per heavy atom. The van der Waals surface area contributed by atoms with E-state index in [1.54, 1.807) is 16.7 Å². The SMILES string of the molecule is CC(C)(C)NC(=O)[C@@H]1CSCN1C(=O)c1cccc2ccccc12. The topological polar surface area (TPSA) is 49.4 Å². The minimum atomic E-state index is -0.416. The van der Waals surface area contributed by atoms with Crippen molar-refractivity contribution in [3.8, 4) is 0 Å². The molecule has 1 aliphatic rings. The van der Waals surface area contributed by atoms with Gasteiger partial charge in [-0.3, -0.25) is 9.59 Å². The van der Waals surface area contributed by atoms with Crippen molar-refractivity contribution in [1.29, 1.82) is 0 Å². The molecule has 1 heterocycles. The van der Waals surface area contributed by atoms with Crippen LogP contribution in [-0.4, -0.2) is 39.9 Å². The molecule has 0 saturated carbocycles. The number of carbonyl (C=O) groups is 2. The van der Waals surface area contributed by atoms with Crippen molar-refractivity contribution in [2.24, 2.45) is 0 Å². The van der Waals surface area contributed by atoms with Gasteiger partial charge in [0.2, 0.25) is 5.91 Å². The number of benzene rings is 2. The lowest BCUT2D eigenvalue weighted by Crippen LogP contribution is -2.52. The van der Waals surface area contributed by atoms with E-state index in [-0.39, 0.29) is 17.4 Å². The summed E-state index contributed by atoms with van der Waals surface area (Å²) in [5.41, 5.74) is 0.350. The summed E-state index contributed by atoms with van der Waals surface area (Å²) in [4.78, 5) is 27.3. The van der Waals surface area contributed by atoms with Crippen LogP contribution in [0.4, 0.5) is 0 Å². The summed E-state index contributed by atoms with van der Waals surface area (Å²) >= 11 is 1.62. The Bertz CT molecular complexity index is 777. The number of nitrogens with one attached hydrogen (secondary N) is 1. The lowest BCUT2D eigenvalue weighted by atomic mass is 10.0. The molecular weight excluding hydrogens is 320 g/mol. The first-order valence-corrected chi connectivity index (χ1v) is 9.21. The van der Waals surface area contributed by atoms with Crippen molar-refractivity contribution in [1.82, 2.24) is 10.2 Å². The predicted octanol–water partition coefficient (Wildman–Crippen LogP) is 3.27. The molecule has 1 fully saturated rings. The van der Waals surface area contributed by atoms with Gasteiger partial charge >= 0.3 is 0 Å². The third-order valence-corrected chi connectivity index (χ3v) is 4.98. The van der Waals surface area contributed by atoms with Gasteiger partial charge in [-0.15, -0.1) is 11.8 Å². The first-order chi connectivity index (χ1) is 11.4. The van der Waals surface area contributed by atoms with Crippen LogP contribution >= 0.6 is 11.8 Å². The van der Waals surface area contributed by atoms with Gasteiger partial charge < -0.3 is 10.2 Å².